The zero-order valence-electron chi connectivity index (χ0n) is 22.3. The predicted octanol–water partition coefficient (Wildman–Crippen LogP) is 5.80. The van der Waals surface area contributed by atoms with Crippen molar-refractivity contribution in [3.05, 3.63) is 65.7 Å². The third-order valence-electron chi connectivity index (χ3n) is 9.51. The Morgan fingerprint density at radius 3 is 2.52 bits per heavy atom. The molecule has 2 aromatic carbocycles. The highest BCUT2D eigenvalue weighted by Crippen LogP contribution is 2.68. The van der Waals surface area contributed by atoms with Crippen LogP contribution in [0.4, 0.5) is 5.69 Å². The molecule has 4 saturated carbocycles. The molecule has 4 fully saturated rings. The van der Waals surface area contributed by atoms with E-state index in [1.54, 1.807) is 12.1 Å². The predicted molar refractivity (Wildman–Crippen MR) is 151 cm³/mol. The molecule has 1 amide bonds. The van der Waals surface area contributed by atoms with E-state index in [2.05, 4.69) is 11.9 Å². The van der Waals surface area contributed by atoms with Crippen LogP contribution in [-0.2, 0) is 9.59 Å². The van der Waals surface area contributed by atoms with Crippen molar-refractivity contribution >= 4 is 40.2 Å². The Morgan fingerprint density at radius 1 is 1.12 bits per heavy atom. The summed E-state index contributed by atoms with van der Waals surface area (Å²) < 4.78 is 0. The molecule has 0 saturated heterocycles. The number of hydrogen-bond acceptors (Lipinski definition) is 7. The van der Waals surface area contributed by atoms with E-state index in [4.69, 9.17) is 0 Å². The normalized spacial score (nSPS) is 29.1. The van der Waals surface area contributed by atoms with E-state index in [1.165, 1.54) is 17.3 Å². The Labute approximate surface area is 236 Å². The third-order valence-corrected chi connectivity index (χ3v) is 10.9. The fourth-order valence-corrected chi connectivity index (χ4v) is 8.66. The number of benzene rings is 2. The average Bonchev–Trinajstić information content (AvgIpc) is 2.93. The van der Waals surface area contributed by atoms with Crippen LogP contribution < -0.4 is 5.32 Å². The summed E-state index contributed by atoms with van der Waals surface area (Å²) in [6.45, 7) is 6.27. The number of phenolic OH excluding ortho intramolecular Hbond substituents is 1. The standard InChI is InChI=1S/C31H33NO7S/c1-17-16-31-13-10-19(17)14-22(31)30(2,23(34)15-24(31)40-29(39)18-6-4-3-5-7-18)12-11-25(35)32-26-21(33)9-8-20(27(26)36)28(37)38/h3-9,19,22,24,33,36H,1,10-16H2,2H3,(H,32,35)(H,37,38)/t19-,22-,24+,30+,31+/m1/s1. The molecule has 6 rings (SSSR count). The van der Waals surface area contributed by atoms with Gasteiger partial charge in [0.05, 0.1) is 0 Å². The molecule has 4 aliphatic rings. The monoisotopic (exact) mass is 563 g/mol. The van der Waals surface area contributed by atoms with Crippen molar-refractivity contribution in [1.82, 2.24) is 0 Å². The molecule has 40 heavy (non-hydrogen) atoms. The summed E-state index contributed by atoms with van der Waals surface area (Å²) in [6.07, 6.45) is 3.88. The Hall–Kier alpha value is -3.59. The molecule has 0 radical (unpaired) electrons. The number of fused-ring (bicyclic) bond motifs is 2. The minimum atomic E-state index is -1.40. The van der Waals surface area contributed by atoms with Crippen LogP contribution in [0, 0.1) is 22.7 Å². The van der Waals surface area contributed by atoms with E-state index in [1.807, 2.05) is 25.1 Å². The van der Waals surface area contributed by atoms with Gasteiger partial charge in [-0.3, -0.25) is 14.4 Å². The molecule has 0 aliphatic heterocycles. The van der Waals surface area contributed by atoms with Crippen LogP contribution in [0.2, 0.25) is 0 Å². The number of carbonyl (C=O) groups excluding carboxylic acids is 3. The number of amides is 1. The molecule has 4 N–H and O–H groups in total. The molecular formula is C31H33NO7S. The van der Waals surface area contributed by atoms with Gasteiger partial charge in [-0.25, -0.2) is 4.79 Å². The van der Waals surface area contributed by atoms with E-state index < -0.39 is 34.4 Å². The molecule has 0 unspecified atom stereocenters. The van der Waals surface area contributed by atoms with Crippen LogP contribution in [0.1, 0.15) is 72.6 Å². The number of hydrogen-bond donors (Lipinski definition) is 4. The lowest BCUT2D eigenvalue weighted by Gasteiger charge is -2.63. The third kappa shape index (κ3) is 4.70. The largest absolute Gasteiger partial charge is 0.506 e. The fraction of sp³-hybridized carbons (Fsp3) is 0.419. The topological polar surface area (TPSA) is 141 Å². The van der Waals surface area contributed by atoms with Crippen molar-refractivity contribution in [1.29, 1.82) is 0 Å². The maximum absolute atomic E-state index is 13.8. The summed E-state index contributed by atoms with van der Waals surface area (Å²) in [6, 6.07) is 11.2. The summed E-state index contributed by atoms with van der Waals surface area (Å²) in [5.74, 6) is -2.80. The first-order valence-electron chi connectivity index (χ1n) is 13.5. The van der Waals surface area contributed by atoms with Gasteiger partial charge in [-0.05, 0) is 61.5 Å². The van der Waals surface area contributed by atoms with Crippen LogP contribution in [0.3, 0.4) is 0 Å². The number of allylic oxidation sites excluding steroid dienone is 1. The first kappa shape index (κ1) is 28.0. The van der Waals surface area contributed by atoms with Gasteiger partial charge < -0.3 is 20.6 Å². The second kappa shape index (κ2) is 10.4. The van der Waals surface area contributed by atoms with Crippen LogP contribution >= 0.6 is 11.8 Å². The molecule has 1 spiro atoms. The van der Waals surface area contributed by atoms with Gasteiger partial charge in [-0.1, -0.05) is 61.2 Å². The number of phenols is 2. The van der Waals surface area contributed by atoms with Gasteiger partial charge in [0.25, 0.3) is 0 Å². The Balaban J connectivity index is 1.37. The Bertz CT molecular complexity index is 1410. The highest BCUT2D eigenvalue weighted by Gasteiger charge is 2.64. The smallest absolute Gasteiger partial charge is 0.339 e. The lowest BCUT2D eigenvalue weighted by molar-refractivity contribution is -0.151. The number of carboxylic acid groups (broad SMARTS) is 1. The summed E-state index contributed by atoms with van der Waals surface area (Å²) in [7, 11) is 0. The number of rotatable bonds is 7. The number of ketones is 1. The molecule has 0 aromatic heterocycles. The Morgan fingerprint density at radius 2 is 1.85 bits per heavy atom. The molecule has 8 nitrogen and oxygen atoms in total. The second-order valence-electron chi connectivity index (χ2n) is 11.6. The van der Waals surface area contributed by atoms with Crippen molar-refractivity contribution in [3.8, 4) is 11.5 Å². The minimum absolute atomic E-state index is 0.0171. The molecule has 5 atom stereocenters. The first-order valence-corrected chi connectivity index (χ1v) is 14.4. The number of aromatic hydroxyl groups is 2. The van der Waals surface area contributed by atoms with Crippen LogP contribution in [-0.4, -0.2) is 43.3 Å². The van der Waals surface area contributed by atoms with Gasteiger partial charge in [-0.2, -0.15) is 0 Å². The molecule has 2 bridgehead atoms. The number of thioether (sulfide) groups is 1. The molecule has 210 valence electrons. The number of carbonyl (C=O) groups is 4. The summed E-state index contributed by atoms with van der Waals surface area (Å²) in [5, 5.41) is 31.9. The number of aromatic carboxylic acids is 1. The van der Waals surface area contributed by atoms with Gasteiger partial charge in [0.2, 0.25) is 11.0 Å². The highest BCUT2D eigenvalue weighted by molar-refractivity contribution is 8.14. The molecular weight excluding hydrogens is 530 g/mol. The van der Waals surface area contributed by atoms with Crippen LogP contribution in [0.15, 0.2) is 54.6 Å². The van der Waals surface area contributed by atoms with Crippen molar-refractivity contribution < 1.29 is 34.5 Å². The SMILES string of the molecule is C=C1C[C@@]23CC[C@@H]1C[C@@H]2[C@](C)(CCC(=O)Nc1c(O)ccc(C(=O)O)c1O)C(=O)C[C@@H]3SC(=O)c1ccccc1. The van der Waals surface area contributed by atoms with Crippen LogP contribution in [0.25, 0.3) is 0 Å². The van der Waals surface area contributed by atoms with E-state index in [0.29, 0.717) is 11.5 Å². The number of nitrogens with one attached hydrogen (secondary N) is 1. The van der Waals surface area contributed by atoms with Gasteiger partial charge in [0.15, 0.2) is 5.75 Å². The molecule has 2 aromatic rings. The van der Waals surface area contributed by atoms with Crippen molar-refractivity contribution in [2.24, 2.45) is 22.7 Å². The second-order valence-corrected chi connectivity index (χ2v) is 12.8. The van der Waals surface area contributed by atoms with Crippen molar-refractivity contribution in [3.63, 3.8) is 0 Å². The number of Topliss-reactive ketones (excluding diaryl/α,β-unsaturated/α-hetero) is 1. The van der Waals surface area contributed by atoms with Crippen molar-refractivity contribution in [2.45, 2.75) is 57.1 Å². The maximum Gasteiger partial charge on any atom is 0.339 e. The molecule has 9 heteroatoms. The highest BCUT2D eigenvalue weighted by atomic mass is 32.2. The number of carboxylic acids is 1. The van der Waals surface area contributed by atoms with E-state index in [9.17, 15) is 34.5 Å². The first-order chi connectivity index (χ1) is 19.0. The Kier molecular flexibility index (Phi) is 7.29. The zero-order chi connectivity index (χ0) is 28.8. The number of anilines is 1. The lowest BCUT2D eigenvalue weighted by Crippen LogP contribution is -2.61. The van der Waals surface area contributed by atoms with Gasteiger partial charge in [0.1, 0.15) is 22.8 Å². The van der Waals surface area contributed by atoms with E-state index >= 15 is 0 Å². The maximum atomic E-state index is 13.8. The minimum Gasteiger partial charge on any atom is -0.506 e. The fourth-order valence-electron chi connectivity index (χ4n) is 7.29. The summed E-state index contributed by atoms with van der Waals surface area (Å²) in [5.41, 5.74) is -0.0937. The van der Waals surface area contributed by atoms with Gasteiger partial charge >= 0.3 is 5.97 Å². The summed E-state index contributed by atoms with van der Waals surface area (Å²) in [4.78, 5) is 51.4. The van der Waals surface area contributed by atoms with E-state index in [-0.39, 0.29) is 52.4 Å². The molecule has 4 aliphatic carbocycles. The van der Waals surface area contributed by atoms with Gasteiger partial charge in [0, 0.05) is 29.1 Å². The van der Waals surface area contributed by atoms with Crippen LogP contribution in [0.5, 0.6) is 11.5 Å². The zero-order valence-corrected chi connectivity index (χ0v) is 23.1. The van der Waals surface area contributed by atoms with Gasteiger partial charge in [-0.15, -0.1) is 0 Å². The lowest BCUT2D eigenvalue weighted by atomic mass is 9.42. The molecule has 0 heterocycles. The average molecular weight is 564 g/mol. The summed E-state index contributed by atoms with van der Waals surface area (Å²) >= 11 is 1.26. The quantitative estimate of drug-likeness (QED) is 0.245. The van der Waals surface area contributed by atoms with Crippen molar-refractivity contribution in [2.75, 3.05) is 5.32 Å². The van der Waals surface area contributed by atoms with E-state index in [0.717, 1.165) is 37.8 Å².